The number of hydrogen-bond acceptors (Lipinski definition) is 0. The molecule has 2 heterocycles. The molecule has 0 amide bonds. The van der Waals surface area contributed by atoms with E-state index in [1.54, 1.807) is 0 Å². The summed E-state index contributed by atoms with van der Waals surface area (Å²) in [5, 5.41) is 2.55. The third-order valence-electron chi connectivity index (χ3n) is 2.93. The molecule has 0 radical (unpaired) electrons. The third-order valence-corrected chi connectivity index (χ3v) is 2.93. The topological polar surface area (TPSA) is 31.6 Å². The van der Waals surface area contributed by atoms with Gasteiger partial charge in [0.1, 0.15) is 0 Å². The Morgan fingerprint density at radius 2 is 0.864 bits per heavy atom. The molecule has 2 N–H and O–H groups in total. The molecule has 0 aliphatic carbocycles. The van der Waals surface area contributed by atoms with Crippen molar-refractivity contribution >= 4 is 21.8 Å². The Labute approximate surface area is 133 Å². The van der Waals surface area contributed by atoms with Gasteiger partial charge in [-0.25, -0.2) is 0 Å². The van der Waals surface area contributed by atoms with Gasteiger partial charge in [0, 0.05) is 23.4 Å². The Morgan fingerprint density at radius 1 is 0.500 bits per heavy atom. The van der Waals surface area contributed by atoms with Crippen molar-refractivity contribution in [3.8, 4) is 0 Å². The first-order valence-corrected chi connectivity index (χ1v) is 7.98. The van der Waals surface area contributed by atoms with Crippen molar-refractivity contribution in [3.05, 3.63) is 73.1 Å². The monoisotopic (exact) mass is 294 g/mol. The Morgan fingerprint density at radius 3 is 1.23 bits per heavy atom. The van der Waals surface area contributed by atoms with Gasteiger partial charge >= 0.3 is 0 Å². The van der Waals surface area contributed by atoms with Crippen LogP contribution >= 0.6 is 0 Å². The molecular formula is C20H26N2. The van der Waals surface area contributed by atoms with Gasteiger partial charge in [-0.05, 0) is 35.0 Å². The van der Waals surface area contributed by atoms with Crippen molar-refractivity contribution in [2.24, 2.45) is 0 Å². The minimum absolute atomic E-state index is 1.21. The largest absolute Gasteiger partial charge is 0.361 e. The average molecular weight is 294 g/mol. The lowest BCUT2D eigenvalue weighted by molar-refractivity contribution is 1.48. The third kappa shape index (κ3) is 4.81. The zero-order chi connectivity index (χ0) is 16.2. The Balaban J connectivity index is 0.000000180. The summed E-state index contributed by atoms with van der Waals surface area (Å²) < 4.78 is 0. The normalized spacial score (nSPS) is 8.91. The molecule has 0 aliphatic heterocycles. The van der Waals surface area contributed by atoms with E-state index in [4.69, 9.17) is 0 Å². The van der Waals surface area contributed by atoms with Crippen molar-refractivity contribution in [2.45, 2.75) is 27.7 Å². The molecule has 0 saturated heterocycles. The number of H-pyrrole nitrogens is 2. The van der Waals surface area contributed by atoms with E-state index in [0.29, 0.717) is 0 Å². The van der Waals surface area contributed by atoms with Gasteiger partial charge < -0.3 is 9.97 Å². The number of fused-ring (bicyclic) bond motifs is 2. The second kappa shape index (κ2) is 10.3. The Bertz CT molecular complexity index is 624. The van der Waals surface area contributed by atoms with Gasteiger partial charge in [0.05, 0.1) is 0 Å². The minimum atomic E-state index is 1.21. The number of nitrogens with one attached hydrogen (secondary N) is 2. The molecule has 2 nitrogen and oxygen atoms in total. The number of aromatic nitrogens is 2. The molecule has 4 rings (SSSR count). The molecule has 2 aromatic heterocycles. The molecular weight excluding hydrogens is 268 g/mol. The van der Waals surface area contributed by atoms with Crippen molar-refractivity contribution in [1.82, 2.24) is 9.97 Å². The molecule has 0 unspecified atom stereocenters. The van der Waals surface area contributed by atoms with E-state index in [9.17, 15) is 0 Å². The van der Waals surface area contributed by atoms with Gasteiger partial charge in [-0.3, -0.25) is 0 Å². The first-order chi connectivity index (χ1) is 10.9. The summed E-state index contributed by atoms with van der Waals surface area (Å²) in [5.74, 6) is 0. The molecule has 0 bridgehead atoms. The Kier molecular flexibility index (Phi) is 8.21. The van der Waals surface area contributed by atoms with E-state index >= 15 is 0 Å². The summed E-state index contributed by atoms with van der Waals surface area (Å²) in [6.45, 7) is 8.00. The second-order valence-corrected chi connectivity index (χ2v) is 4.13. The van der Waals surface area contributed by atoms with Crippen LogP contribution in [0.3, 0.4) is 0 Å². The standard InChI is InChI=1S/2C8H7N.2C2H6/c2*1-2-4-8-7(3-1)5-6-9-8;2*1-2/h2*1-6,9H;2*1-2H3. The van der Waals surface area contributed by atoms with Gasteiger partial charge in [-0.15, -0.1) is 0 Å². The summed E-state index contributed by atoms with van der Waals surface area (Å²) in [6, 6.07) is 20.6. The van der Waals surface area contributed by atoms with Crippen LogP contribution in [0.25, 0.3) is 21.8 Å². The molecule has 0 aliphatic rings. The van der Waals surface area contributed by atoms with Gasteiger partial charge in [-0.1, -0.05) is 64.1 Å². The predicted molar refractivity (Wildman–Crippen MR) is 99.3 cm³/mol. The molecule has 22 heavy (non-hydrogen) atoms. The molecule has 0 fully saturated rings. The number of aromatic amines is 2. The molecule has 116 valence electrons. The molecule has 0 atom stereocenters. The summed E-state index contributed by atoms with van der Waals surface area (Å²) in [4.78, 5) is 6.24. The fraction of sp³-hybridized carbons (Fsp3) is 0.200. The lowest BCUT2D eigenvalue weighted by Crippen LogP contribution is -1.61. The molecule has 2 heteroatoms. The minimum Gasteiger partial charge on any atom is -0.361 e. The highest BCUT2D eigenvalue weighted by Gasteiger charge is 1.87. The summed E-state index contributed by atoms with van der Waals surface area (Å²) in [5.41, 5.74) is 2.41. The zero-order valence-electron chi connectivity index (χ0n) is 13.9. The number of hydrogen-bond donors (Lipinski definition) is 2. The van der Waals surface area contributed by atoms with Crippen LogP contribution in [-0.4, -0.2) is 9.97 Å². The maximum atomic E-state index is 3.12. The van der Waals surface area contributed by atoms with Gasteiger partial charge in [0.2, 0.25) is 0 Å². The highest BCUT2D eigenvalue weighted by Crippen LogP contribution is 2.09. The van der Waals surface area contributed by atoms with Gasteiger partial charge in [-0.2, -0.15) is 0 Å². The van der Waals surface area contributed by atoms with Crippen LogP contribution < -0.4 is 0 Å². The van der Waals surface area contributed by atoms with Gasteiger partial charge in [0.25, 0.3) is 0 Å². The SMILES string of the molecule is CC.CC.c1ccc2[nH]ccc2c1.c1ccc2[nH]ccc2c1. The lowest BCUT2D eigenvalue weighted by atomic mass is 10.3. The predicted octanol–water partition coefficient (Wildman–Crippen LogP) is 6.39. The van der Waals surface area contributed by atoms with Crippen molar-refractivity contribution < 1.29 is 0 Å². The maximum absolute atomic E-state index is 3.12. The molecule has 0 saturated carbocycles. The molecule has 4 aromatic rings. The highest BCUT2D eigenvalue weighted by atomic mass is 14.7. The van der Waals surface area contributed by atoms with Crippen molar-refractivity contribution in [1.29, 1.82) is 0 Å². The van der Waals surface area contributed by atoms with E-state index in [0.717, 1.165) is 0 Å². The number of rotatable bonds is 0. The average Bonchev–Trinajstić information content (AvgIpc) is 3.28. The van der Waals surface area contributed by atoms with E-state index < -0.39 is 0 Å². The highest BCUT2D eigenvalue weighted by molar-refractivity contribution is 5.79. The van der Waals surface area contributed by atoms with Crippen LogP contribution in [-0.2, 0) is 0 Å². The van der Waals surface area contributed by atoms with Crippen LogP contribution in [0.5, 0.6) is 0 Å². The van der Waals surface area contributed by atoms with E-state index in [2.05, 4.69) is 46.4 Å². The molecule has 0 spiro atoms. The van der Waals surface area contributed by atoms with Crippen LogP contribution in [0.2, 0.25) is 0 Å². The lowest BCUT2D eigenvalue weighted by Gasteiger charge is -1.83. The first-order valence-electron chi connectivity index (χ1n) is 7.98. The van der Waals surface area contributed by atoms with E-state index in [1.165, 1.54) is 21.8 Å². The smallest absolute Gasteiger partial charge is 0.0453 e. The van der Waals surface area contributed by atoms with Crippen molar-refractivity contribution in [3.63, 3.8) is 0 Å². The van der Waals surface area contributed by atoms with Crippen LogP contribution in [0.4, 0.5) is 0 Å². The number of benzene rings is 2. The fourth-order valence-corrected chi connectivity index (χ4v) is 1.99. The van der Waals surface area contributed by atoms with Crippen LogP contribution in [0.1, 0.15) is 27.7 Å². The molecule has 2 aromatic carbocycles. The van der Waals surface area contributed by atoms with Crippen LogP contribution in [0.15, 0.2) is 73.1 Å². The van der Waals surface area contributed by atoms with E-state index in [1.807, 2.05) is 64.4 Å². The van der Waals surface area contributed by atoms with Gasteiger partial charge in [0.15, 0.2) is 0 Å². The Hall–Kier alpha value is -2.48. The summed E-state index contributed by atoms with van der Waals surface area (Å²) in [7, 11) is 0. The summed E-state index contributed by atoms with van der Waals surface area (Å²) in [6.07, 6.45) is 3.90. The quantitative estimate of drug-likeness (QED) is 0.376. The van der Waals surface area contributed by atoms with Crippen molar-refractivity contribution in [2.75, 3.05) is 0 Å². The zero-order valence-corrected chi connectivity index (χ0v) is 13.9. The van der Waals surface area contributed by atoms with Crippen LogP contribution in [0, 0.1) is 0 Å². The first kappa shape index (κ1) is 17.6. The maximum Gasteiger partial charge on any atom is 0.0453 e. The second-order valence-electron chi connectivity index (χ2n) is 4.13. The fourth-order valence-electron chi connectivity index (χ4n) is 1.99. The number of para-hydroxylation sites is 2. The summed E-state index contributed by atoms with van der Waals surface area (Å²) >= 11 is 0. The van der Waals surface area contributed by atoms with E-state index in [-0.39, 0.29) is 0 Å².